The first kappa shape index (κ1) is 24.5. The smallest absolute Gasteiger partial charge is 0.206 e. The zero-order valence-electron chi connectivity index (χ0n) is 19.0. The van der Waals surface area contributed by atoms with E-state index in [0.29, 0.717) is 0 Å². The normalized spacial score (nSPS) is 26.6. The van der Waals surface area contributed by atoms with E-state index >= 15 is 0 Å². The summed E-state index contributed by atoms with van der Waals surface area (Å²) in [7, 11) is -0.417. The first-order valence-electron chi connectivity index (χ1n) is 12.5. The minimum atomic E-state index is -2.47. The summed E-state index contributed by atoms with van der Waals surface area (Å²) in [5.74, 6) is -0.690. The summed E-state index contributed by atoms with van der Waals surface area (Å²) in [5.41, 5.74) is 0.179. The fourth-order valence-corrected chi connectivity index (χ4v) is 9.43. The lowest BCUT2D eigenvalue weighted by atomic mass is 9.76. The van der Waals surface area contributed by atoms with Gasteiger partial charge in [-0.25, -0.2) is 8.78 Å². The Morgan fingerprint density at radius 2 is 1.55 bits per heavy atom. The number of rotatable bonds is 9. The van der Waals surface area contributed by atoms with Crippen molar-refractivity contribution in [1.29, 1.82) is 0 Å². The molecule has 1 saturated carbocycles. The predicted octanol–water partition coefficient (Wildman–Crippen LogP) is 9.24. The van der Waals surface area contributed by atoms with Crippen LogP contribution in [0.25, 0.3) is 5.83 Å². The first-order chi connectivity index (χ1) is 15.0. The fourth-order valence-electron chi connectivity index (χ4n) is 5.81. The molecule has 0 N–H and O–H groups in total. The number of hydrogen-bond acceptors (Lipinski definition) is 0. The van der Waals surface area contributed by atoms with Crippen LogP contribution in [0.4, 0.5) is 17.6 Å². The molecule has 0 amide bonds. The van der Waals surface area contributed by atoms with E-state index in [2.05, 4.69) is 6.92 Å². The van der Waals surface area contributed by atoms with Gasteiger partial charge in [-0.15, -0.1) is 0 Å². The third kappa shape index (κ3) is 7.20. The summed E-state index contributed by atoms with van der Waals surface area (Å²) in [6, 6.07) is 8.72. The quantitative estimate of drug-likeness (QED) is 0.198. The molecule has 1 aromatic rings. The highest BCUT2D eigenvalue weighted by molar-refractivity contribution is 6.58. The van der Waals surface area contributed by atoms with Gasteiger partial charge in [0.15, 0.2) is 5.83 Å². The van der Waals surface area contributed by atoms with Crippen molar-refractivity contribution in [3.8, 4) is 0 Å². The van der Waals surface area contributed by atoms with E-state index in [0.717, 1.165) is 49.1 Å². The molecule has 0 bridgehead atoms. The van der Waals surface area contributed by atoms with Gasteiger partial charge >= 0.3 is 6.08 Å². The number of unbranched alkanes of at least 4 members (excludes halogenated alkanes) is 2. The molecule has 174 valence electrons. The zero-order valence-corrected chi connectivity index (χ0v) is 20.1. The Kier molecular flexibility index (Phi) is 9.67. The van der Waals surface area contributed by atoms with Crippen molar-refractivity contribution in [2.45, 2.75) is 102 Å². The lowest BCUT2D eigenvalue weighted by molar-refractivity contribution is 0.280. The predicted molar refractivity (Wildman–Crippen MR) is 124 cm³/mol. The molecule has 0 radical (unpaired) electrons. The van der Waals surface area contributed by atoms with Crippen molar-refractivity contribution < 1.29 is 17.6 Å². The van der Waals surface area contributed by atoms with Crippen LogP contribution in [0.1, 0.15) is 94.6 Å². The molecule has 1 heterocycles. The maximum atomic E-state index is 14.1. The van der Waals surface area contributed by atoms with Crippen LogP contribution in [-0.4, -0.2) is 8.80 Å². The standard InChI is InChI=1S/C26H38F4Si/c1-2-3-4-15-31-16-13-20(14-17-31)6-5-19-7-9-21(10-8-19)22-11-12-23(24(27)18-22)25(28)26(29)30/h11-12,18-21,31H,2-10,13-17H2,1H3. The van der Waals surface area contributed by atoms with E-state index in [1.165, 1.54) is 51.0 Å². The van der Waals surface area contributed by atoms with E-state index in [1.54, 1.807) is 24.2 Å². The summed E-state index contributed by atoms with van der Waals surface area (Å²) in [6.45, 7) is 2.29. The number of hydrogen-bond donors (Lipinski definition) is 0. The Morgan fingerprint density at radius 1 is 0.903 bits per heavy atom. The van der Waals surface area contributed by atoms with E-state index in [9.17, 15) is 17.6 Å². The van der Waals surface area contributed by atoms with Crippen LogP contribution in [-0.2, 0) is 0 Å². The van der Waals surface area contributed by atoms with E-state index in [1.807, 2.05) is 0 Å². The van der Waals surface area contributed by atoms with Gasteiger partial charge in [0.2, 0.25) is 0 Å². The van der Waals surface area contributed by atoms with Gasteiger partial charge in [-0.05, 0) is 61.1 Å². The molecule has 0 atom stereocenters. The molecular formula is C26H38F4Si. The summed E-state index contributed by atoms with van der Waals surface area (Å²) >= 11 is 0. The molecule has 31 heavy (non-hydrogen) atoms. The van der Waals surface area contributed by atoms with Crippen LogP contribution in [0.15, 0.2) is 24.3 Å². The van der Waals surface area contributed by atoms with Crippen molar-refractivity contribution in [1.82, 2.24) is 0 Å². The van der Waals surface area contributed by atoms with Gasteiger partial charge in [0.25, 0.3) is 0 Å². The summed E-state index contributed by atoms with van der Waals surface area (Å²) in [5, 5.41) is 0. The van der Waals surface area contributed by atoms with Gasteiger partial charge in [-0.3, -0.25) is 0 Å². The van der Waals surface area contributed by atoms with Crippen molar-refractivity contribution in [3.63, 3.8) is 0 Å². The van der Waals surface area contributed by atoms with Crippen LogP contribution in [0.3, 0.4) is 0 Å². The Balaban J connectivity index is 1.39. The Morgan fingerprint density at radius 3 is 2.13 bits per heavy atom. The minimum Gasteiger partial charge on any atom is -0.206 e. The zero-order chi connectivity index (χ0) is 22.2. The molecular weight excluding hydrogens is 416 g/mol. The SMILES string of the molecule is CCCCC[SiH]1CCC(CCC2CCC(c3ccc(C(F)=C(F)F)c(F)c3)CC2)CC1. The summed E-state index contributed by atoms with van der Waals surface area (Å²) in [4.78, 5) is 0. The number of halogens is 4. The van der Waals surface area contributed by atoms with Crippen LogP contribution in [0, 0.1) is 17.7 Å². The van der Waals surface area contributed by atoms with Gasteiger partial charge in [0.1, 0.15) is 5.82 Å². The Labute approximate surface area is 187 Å². The molecule has 3 rings (SSSR count). The minimum absolute atomic E-state index is 0.256. The molecule has 1 aliphatic heterocycles. The molecule has 5 heteroatoms. The van der Waals surface area contributed by atoms with E-state index in [4.69, 9.17) is 0 Å². The third-order valence-corrected chi connectivity index (χ3v) is 11.4. The monoisotopic (exact) mass is 454 g/mol. The van der Waals surface area contributed by atoms with Gasteiger partial charge in [0, 0.05) is 8.80 Å². The second-order valence-corrected chi connectivity index (χ2v) is 13.5. The molecule has 0 spiro atoms. The third-order valence-electron chi connectivity index (χ3n) is 7.88. The largest absolute Gasteiger partial charge is 0.306 e. The van der Waals surface area contributed by atoms with Crippen molar-refractivity contribution >= 4 is 14.6 Å². The van der Waals surface area contributed by atoms with E-state index in [-0.39, 0.29) is 5.92 Å². The first-order valence-corrected chi connectivity index (χ1v) is 14.9. The Hall–Kier alpha value is -1.10. The topological polar surface area (TPSA) is 0 Å². The molecule has 0 unspecified atom stereocenters. The fraction of sp³-hybridized carbons (Fsp3) is 0.692. The van der Waals surface area contributed by atoms with Crippen LogP contribution in [0.2, 0.25) is 18.1 Å². The molecule has 2 aliphatic rings. The molecule has 1 saturated heterocycles. The highest BCUT2D eigenvalue weighted by atomic mass is 28.3. The maximum absolute atomic E-state index is 14.1. The van der Waals surface area contributed by atoms with Gasteiger partial charge in [-0.1, -0.05) is 76.1 Å². The molecule has 1 aliphatic carbocycles. The van der Waals surface area contributed by atoms with Crippen LogP contribution < -0.4 is 0 Å². The van der Waals surface area contributed by atoms with Gasteiger partial charge < -0.3 is 0 Å². The second kappa shape index (κ2) is 12.2. The van der Waals surface area contributed by atoms with Gasteiger partial charge in [-0.2, -0.15) is 8.78 Å². The van der Waals surface area contributed by atoms with Crippen molar-refractivity contribution in [3.05, 3.63) is 41.2 Å². The maximum Gasteiger partial charge on any atom is 0.306 e. The molecule has 0 aromatic heterocycles. The molecule has 2 fully saturated rings. The molecule has 0 nitrogen and oxygen atoms in total. The second-order valence-electron chi connectivity index (χ2n) is 9.99. The number of benzene rings is 1. The summed E-state index contributed by atoms with van der Waals surface area (Å²) in [6.07, 6.45) is 11.7. The van der Waals surface area contributed by atoms with Crippen molar-refractivity contribution in [2.75, 3.05) is 0 Å². The Bertz CT molecular complexity index is 712. The van der Waals surface area contributed by atoms with E-state index < -0.39 is 32.1 Å². The lowest BCUT2D eigenvalue weighted by Gasteiger charge is -2.32. The lowest BCUT2D eigenvalue weighted by Crippen LogP contribution is -2.22. The molecule has 1 aromatic carbocycles. The van der Waals surface area contributed by atoms with Crippen LogP contribution >= 0.6 is 0 Å². The highest BCUT2D eigenvalue weighted by Gasteiger charge is 2.26. The van der Waals surface area contributed by atoms with Gasteiger partial charge in [0.05, 0.1) is 5.56 Å². The van der Waals surface area contributed by atoms with Crippen LogP contribution in [0.5, 0.6) is 0 Å². The van der Waals surface area contributed by atoms with Crippen molar-refractivity contribution in [2.24, 2.45) is 11.8 Å². The average Bonchev–Trinajstić information content (AvgIpc) is 2.78. The summed E-state index contributed by atoms with van der Waals surface area (Å²) < 4.78 is 52.3. The highest BCUT2D eigenvalue weighted by Crippen LogP contribution is 2.40. The average molecular weight is 455 g/mol.